The minimum atomic E-state index is -3.56. The maximum absolute atomic E-state index is 12.2. The number of ether oxygens (including phenoxy) is 2. The zero-order chi connectivity index (χ0) is 27.0. The molecule has 37 heavy (non-hydrogen) atoms. The average molecular weight is 536 g/mol. The van der Waals surface area contributed by atoms with Crippen molar-refractivity contribution in [3.8, 4) is 17.2 Å². The van der Waals surface area contributed by atoms with Crippen molar-refractivity contribution in [2.45, 2.75) is 45.3 Å². The minimum absolute atomic E-state index is 0.00203. The largest absolute Gasteiger partial charge is 0.506 e. The van der Waals surface area contributed by atoms with Crippen molar-refractivity contribution in [1.82, 2.24) is 10.2 Å². The monoisotopic (exact) mass is 535 g/mol. The summed E-state index contributed by atoms with van der Waals surface area (Å²) in [6, 6.07) is 10.3. The van der Waals surface area contributed by atoms with E-state index in [4.69, 9.17) is 9.47 Å². The molecule has 1 aliphatic carbocycles. The van der Waals surface area contributed by atoms with Gasteiger partial charge in [0.1, 0.15) is 30.0 Å². The maximum atomic E-state index is 12.2. The first-order valence-electron chi connectivity index (χ1n) is 12.4. The number of aliphatic hydroxyl groups excluding tert-OH is 1. The third-order valence-electron chi connectivity index (χ3n) is 6.23. The SMILES string of the molecule is CCN(CC)C(=O)COc1ccc2c(c1)CC(NCC(O)COc1ccc(O)c(NS(C)(=O)=O)c1)CC2. The molecule has 1 amide bonds. The number of fused-ring (bicyclic) bond motifs is 1. The summed E-state index contributed by atoms with van der Waals surface area (Å²) in [6.45, 7) is 5.53. The molecule has 0 radical (unpaired) electrons. The second kappa shape index (κ2) is 13.0. The lowest BCUT2D eigenvalue weighted by molar-refractivity contribution is -0.132. The van der Waals surface area contributed by atoms with Gasteiger partial charge in [0.25, 0.3) is 5.91 Å². The molecule has 0 aliphatic heterocycles. The number of anilines is 1. The number of amides is 1. The number of aromatic hydroxyl groups is 1. The molecule has 2 aromatic rings. The smallest absolute Gasteiger partial charge is 0.260 e. The molecule has 0 saturated carbocycles. The Morgan fingerprint density at radius 1 is 1.11 bits per heavy atom. The molecule has 0 spiro atoms. The molecule has 4 N–H and O–H groups in total. The first kappa shape index (κ1) is 28.5. The van der Waals surface area contributed by atoms with E-state index in [-0.39, 0.29) is 36.6 Å². The van der Waals surface area contributed by atoms with Gasteiger partial charge in [-0.15, -0.1) is 0 Å². The molecular weight excluding hydrogens is 498 g/mol. The maximum Gasteiger partial charge on any atom is 0.260 e. The number of likely N-dealkylation sites (N-methyl/N-ethyl adjacent to an activating group) is 1. The zero-order valence-corrected chi connectivity index (χ0v) is 22.4. The van der Waals surface area contributed by atoms with E-state index in [1.165, 1.54) is 23.8 Å². The molecule has 2 aromatic carbocycles. The summed E-state index contributed by atoms with van der Waals surface area (Å²) in [5, 5.41) is 23.6. The Kier molecular flexibility index (Phi) is 10.0. The highest BCUT2D eigenvalue weighted by Gasteiger charge is 2.20. The molecule has 2 atom stereocenters. The molecule has 0 saturated heterocycles. The van der Waals surface area contributed by atoms with Gasteiger partial charge in [0, 0.05) is 31.7 Å². The number of hydrogen-bond donors (Lipinski definition) is 4. The number of nitrogens with one attached hydrogen (secondary N) is 2. The van der Waals surface area contributed by atoms with Crippen molar-refractivity contribution in [2.24, 2.45) is 0 Å². The summed E-state index contributed by atoms with van der Waals surface area (Å²) in [7, 11) is -3.56. The van der Waals surface area contributed by atoms with Gasteiger partial charge >= 0.3 is 0 Å². The van der Waals surface area contributed by atoms with Crippen LogP contribution in [0, 0.1) is 0 Å². The van der Waals surface area contributed by atoms with Gasteiger partial charge in [-0.1, -0.05) is 6.07 Å². The normalized spacial score (nSPS) is 15.9. The summed E-state index contributed by atoms with van der Waals surface area (Å²) < 4.78 is 36.4. The Balaban J connectivity index is 1.47. The predicted molar refractivity (Wildman–Crippen MR) is 142 cm³/mol. The molecule has 0 heterocycles. The van der Waals surface area contributed by atoms with Crippen LogP contribution >= 0.6 is 0 Å². The van der Waals surface area contributed by atoms with E-state index in [1.54, 1.807) is 4.90 Å². The van der Waals surface area contributed by atoms with E-state index in [1.807, 2.05) is 26.0 Å². The number of aryl methyl sites for hydroxylation is 1. The standard InChI is InChI=1S/C26H37N3O7S/c1-4-29(5-2)26(32)17-36-22-9-7-18-6-8-20(12-19(18)13-22)27-15-21(30)16-35-23-10-11-25(31)24(14-23)28-37(3,33)34/h7,9-11,13-14,20-21,27-28,30-31H,4-6,8,12,15-17H2,1-3H3. The summed E-state index contributed by atoms with van der Waals surface area (Å²) in [6.07, 6.45) is 2.81. The summed E-state index contributed by atoms with van der Waals surface area (Å²) in [4.78, 5) is 14.0. The van der Waals surface area contributed by atoms with Crippen LogP contribution in [-0.4, -0.2) is 80.7 Å². The van der Waals surface area contributed by atoms with E-state index in [2.05, 4.69) is 16.1 Å². The summed E-state index contributed by atoms with van der Waals surface area (Å²) in [5.74, 6) is 0.740. The van der Waals surface area contributed by atoms with Gasteiger partial charge in [-0.25, -0.2) is 8.42 Å². The number of sulfonamides is 1. The molecule has 204 valence electrons. The van der Waals surface area contributed by atoms with Crippen LogP contribution < -0.4 is 19.5 Å². The lowest BCUT2D eigenvalue weighted by Gasteiger charge is -2.27. The lowest BCUT2D eigenvalue weighted by atomic mass is 9.88. The van der Waals surface area contributed by atoms with Crippen LogP contribution in [-0.2, 0) is 27.7 Å². The van der Waals surface area contributed by atoms with Crippen LogP contribution in [0.25, 0.3) is 0 Å². The van der Waals surface area contributed by atoms with Crippen molar-refractivity contribution in [2.75, 3.05) is 43.8 Å². The van der Waals surface area contributed by atoms with Gasteiger partial charge < -0.3 is 29.9 Å². The van der Waals surface area contributed by atoms with Crippen molar-refractivity contribution >= 4 is 21.6 Å². The van der Waals surface area contributed by atoms with Gasteiger partial charge in [0.2, 0.25) is 10.0 Å². The highest BCUT2D eigenvalue weighted by Crippen LogP contribution is 2.29. The highest BCUT2D eigenvalue weighted by molar-refractivity contribution is 7.92. The number of phenols is 1. The second-order valence-electron chi connectivity index (χ2n) is 9.15. The Morgan fingerprint density at radius 3 is 2.51 bits per heavy atom. The lowest BCUT2D eigenvalue weighted by Crippen LogP contribution is -2.40. The first-order chi connectivity index (χ1) is 17.6. The van der Waals surface area contributed by atoms with Crippen LogP contribution in [0.4, 0.5) is 5.69 Å². The quantitative estimate of drug-likeness (QED) is 0.286. The van der Waals surface area contributed by atoms with Gasteiger partial charge in [0.05, 0.1) is 11.9 Å². The van der Waals surface area contributed by atoms with Crippen LogP contribution in [0.1, 0.15) is 31.4 Å². The van der Waals surface area contributed by atoms with E-state index in [0.717, 1.165) is 31.1 Å². The van der Waals surface area contributed by atoms with Gasteiger partial charge in [-0.2, -0.15) is 0 Å². The fraction of sp³-hybridized carbons (Fsp3) is 0.500. The van der Waals surface area contributed by atoms with Crippen LogP contribution in [0.15, 0.2) is 36.4 Å². The van der Waals surface area contributed by atoms with Gasteiger partial charge in [0.15, 0.2) is 6.61 Å². The van der Waals surface area contributed by atoms with E-state index in [0.29, 0.717) is 31.1 Å². The third kappa shape index (κ3) is 8.80. The first-order valence-corrected chi connectivity index (χ1v) is 14.3. The average Bonchev–Trinajstić information content (AvgIpc) is 2.86. The van der Waals surface area contributed by atoms with Crippen molar-refractivity contribution in [3.63, 3.8) is 0 Å². The topological polar surface area (TPSA) is 137 Å². The number of carbonyl (C=O) groups is 1. The van der Waals surface area contributed by atoms with Crippen LogP contribution in [0.5, 0.6) is 17.2 Å². The molecule has 0 bridgehead atoms. The molecule has 0 aromatic heterocycles. The second-order valence-corrected chi connectivity index (χ2v) is 10.9. The van der Waals surface area contributed by atoms with E-state index >= 15 is 0 Å². The van der Waals surface area contributed by atoms with Gasteiger partial charge in [-0.3, -0.25) is 9.52 Å². The van der Waals surface area contributed by atoms with Crippen LogP contribution in [0.2, 0.25) is 0 Å². The molecule has 0 fully saturated rings. The number of benzene rings is 2. The molecule has 3 rings (SSSR count). The third-order valence-corrected chi connectivity index (χ3v) is 6.82. The fourth-order valence-electron chi connectivity index (χ4n) is 4.25. The minimum Gasteiger partial charge on any atom is -0.506 e. The molecule has 2 unspecified atom stereocenters. The predicted octanol–water partition coefficient (Wildman–Crippen LogP) is 1.90. The Labute approximate surface area is 218 Å². The van der Waals surface area contributed by atoms with Crippen LogP contribution in [0.3, 0.4) is 0 Å². The number of rotatable bonds is 13. The zero-order valence-electron chi connectivity index (χ0n) is 21.6. The Bertz CT molecular complexity index is 1170. The summed E-state index contributed by atoms with van der Waals surface area (Å²) in [5.41, 5.74) is 2.43. The number of hydrogen-bond acceptors (Lipinski definition) is 8. The van der Waals surface area contributed by atoms with E-state index < -0.39 is 16.1 Å². The number of aliphatic hydroxyl groups is 1. The molecule has 1 aliphatic rings. The van der Waals surface area contributed by atoms with Crippen molar-refractivity contribution in [1.29, 1.82) is 0 Å². The van der Waals surface area contributed by atoms with Crippen molar-refractivity contribution < 1.29 is 32.9 Å². The highest BCUT2D eigenvalue weighted by atomic mass is 32.2. The number of carbonyl (C=O) groups excluding carboxylic acids is 1. The summed E-state index contributed by atoms with van der Waals surface area (Å²) >= 11 is 0. The van der Waals surface area contributed by atoms with Gasteiger partial charge in [-0.05, 0) is 68.5 Å². The number of nitrogens with zero attached hydrogens (tertiary/aromatic N) is 1. The Morgan fingerprint density at radius 2 is 1.81 bits per heavy atom. The molecule has 11 heteroatoms. The molecule has 10 nitrogen and oxygen atoms in total. The Hall–Kier alpha value is -3.02. The van der Waals surface area contributed by atoms with E-state index in [9.17, 15) is 23.4 Å². The van der Waals surface area contributed by atoms with Crippen molar-refractivity contribution in [3.05, 3.63) is 47.5 Å². The number of phenolic OH excluding ortho intramolecular Hbond substituents is 1. The fourth-order valence-corrected chi connectivity index (χ4v) is 4.81. The molecular formula is C26H37N3O7S.